The van der Waals surface area contributed by atoms with E-state index in [1.54, 1.807) is 13.8 Å². The van der Waals surface area contributed by atoms with Crippen molar-refractivity contribution in [1.82, 2.24) is 29.4 Å². The number of ketones is 2. The fraction of sp³-hybridized carbons (Fsp3) is 0.926. The van der Waals surface area contributed by atoms with Gasteiger partial charge in [0.15, 0.2) is 11.1 Å². The first kappa shape index (κ1) is 38.1. The second kappa shape index (κ2) is 23.5. The highest BCUT2D eigenvalue weighted by Gasteiger charge is 2.18. The summed E-state index contributed by atoms with van der Waals surface area (Å²) in [4.78, 5) is 34.9. The zero-order valence-electron chi connectivity index (χ0n) is 25.6. The maximum Gasteiger partial charge on any atom is 0.156 e. The van der Waals surface area contributed by atoms with E-state index < -0.39 is 11.1 Å². The van der Waals surface area contributed by atoms with E-state index in [4.69, 9.17) is 19.5 Å². The molecule has 1 unspecified atom stereocenters. The molecular formula is C27H56N6O7S. The zero-order valence-corrected chi connectivity index (χ0v) is 26.4. The van der Waals surface area contributed by atoms with E-state index in [1.807, 2.05) is 0 Å². The van der Waals surface area contributed by atoms with Crippen LogP contribution in [-0.4, -0.2) is 211 Å². The molecule has 3 rings (SSSR count). The number of aliphatic hydroxyl groups excluding tert-OH is 3. The summed E-state index contributed by atoms with van der Waals surface area (Å²) in [5, 5.41) is 26.2. The number of Topliss-reactive ketones (excluding diaryl/α,β-unsaturated/α-hetero) is 2. The summed E-state index contributed by atoms with van der Waals surface area (Å²) >= 11 is -1.14. The van der Waals surface area contributed by atoms with Crippen LogP contribution in [-0.2, 0) is 24.9 Å². The average molecular weight is 609 g/mol. The molecule has 0 aromatic carbocycles. The topological polar surface area (TPSA) is 141 Å². The van der Waals surface area contributed by atoms with Gasteiger partial charge in [0.05, 0.1) is 45.8 Å². The molecule has 1 atom stereocenters. The minimum Gasteiger partial charge on any atom is -0.395 e. The van der Waals surface area contributed by atoms with Gasteiger partial charge < -0.3 is 15.3 Å². The maximum atomic E-state index is 11.0. The Morgan fingerprint density at radius 1 is 0.561 bits per heavy atom. The molecule has 3 aliphatic heterocycles. The zero-order chi connectivity index (χ0) is 30.5. The second-order valence-corrected chi connectivity index (χ2v) is 12.0. The third-order valence-electron chi connectivity index (χ3n) is 7.30. The van der Waals surface area contributed by atoms with Crippen LogP contribution in [0.1, 0.15) is 13.8 Å². The molecule has 0 aromatic heterocycles. The Morgan fingerprint density at radius 3 is 1.07 bits per heavy atom. The molecule has 0 aliphatic carbocycles. The van der Waals surface area contributed by atoms with Crippen molar-refractivity contribution in [3.63, 3.8) is 0 Å². The molecule has 0 saturated carbocycles. The first-order valence-electron chi connectivity index (χ1n) is 14.8. The molecule has 3 fully saturated rings. The van der Waals surface area contributed by atoms with Crippen molar-refractivity contribution >= 4 is 22.6 Å². The number of piperazine rings is 3. The molecule has 0 aromatic rings. The monoisotopic (exact) mass is 608 g/mol. The summed E-state index contributed by atoms with van der Waals surface area (Å²) in [6.45, 7) is 19.8. The van der Waals surface area contributed by atoms with E-state index in [2.05, 4.69) is 29.4 Å². The van der Waals surface area contributed by atoms with Gasteiger partial charge >= 0.3 is 0 Å². The fourth-order valence-corrected chi connectivity index (χ4v) is 5.49. The lowest BCUT2D eigenvalue weighted by Gasteiger charge is -2.34. The normalized spacial score (nSPS) is 20.9. The van der Waals surface area contributed by atoms with Crippen LogP contribution in [0, 0.1) is 0 Å². The predicted molar refractivity (Wildman–Crippen MR) is 161 cm³/mol. The van der Waals surface area contributed by atoms with E-state index in [9.17, 15) is 13.8 Å². The van der Waals surface area contributed by atoms with Crippen LogP contribution < -0.4 is 0 Å². The van der Waals surface area contributed by atoms with Gasteiger partial charge in [-0.05, 0) is 13.8 Å². The van der Waals surface area contributed by atoms with Gasteiger partial charge in [-0.15, -0.1) is 0 Å². The van der Waals surface area contributed by atoms with Crippen molar-refractivity contribution in [2.75, 3.05) is 150 Å². The van der Waals surface area contributed by atoms with E-state index in [-0.39, 0.29) is 31.4 Å². The molecule has 14 heteroatoms. The van der Waals surface area contributed by atoms with Gasteiger partial charge in [0, 0.05) is 105 Å². The van der Waals surface area contributed by atoms with Gasteiger partial charge in [-0.2, -0.15) is 0 Å². The summed E-state index contributed by atoms with van der Waals surface area (Å²) in [5.74, 6) is 1.04. The molecule has 0 radical (unpaired) electrons. The highest BCUT2D eigenvalue weighted by atomic mass is 32.2. The van der Waals surface area contributed by atoms with Crippen molar-refractivity contribution in [1.29, 1.82) is 0 Å². The van der Waals surface area contributed by atoms with Crippen LogP contribution in [0.4, 0.5) is 0 Å². The van der Waals surface area contributed by atoms with Gasteiger partial charge in [-0.3, -0.25) is 43.2 Å². The van der Waals surface area contributed by atoms with E-state index in [0.29, 0.717) is 18.8 Å². The standard InChI is InChI=1S/C9H20N2O3S.2C9H18N2O2/c1-14-15(13)9-7-11-4-2-10(3-5-11)6-8-12;2*1-9(13)8-11-4-2-10(3-5-11)6-7-12/h12H,2-9H2,1H3;2*12H,2-8H2,1H3. The van der Waals surface area contributed by atoms with Gasteiger partial charge in [0.2, 0.25) is 0 Å². The lowest BCUT2D eigenvalue weighted by Crippen LogP contribution is -2.48. The minimum absolute atomic E-state index is 0.229. The Kier molecular flexibility index (Phi) is 21.9. The number of rotatable bonds is 14. The lowest BCUT2D eigenvalue weighted by molar-refractivity contribution is -0.119. The van der Waals surface area contributed by atoms with Crippen LogP contribution in [0.15, 0.2) is 0 Å². The number of carbonyl (C=O) groups excluding carboxylic acids is 2. The summed E-state index contributed by atoms with van der Waals surface area (Å²) in [6, 6.07) is 0. The molecule has 0 spiro atoms. The quantitative estimate of drug-likeness (QED) is 0.188. The largest absolute Gasteiger partial charge is 0.395 e. The fourth-order valence-electron chi connectivity index (χ4n) is 4.92. The number of hydrogen-bond acceptors (Lipinski definition) is 13. The Labute approximate surface area is 249 Å². The minimum atomic E-state index is -1.14. The van der Waals surface area contributed by atoms with Crippen LogP contribution in [0.2, 0.25) is 0 Å². The summed E-state index contributed by atoms with van der Waals surface area (Å²) in [5.41, 5.74) is 0. The lowest BCUT2D eigenvalue weighted by atomic mass is 10.3. The number of aliphatic hydroxyl groups is 3. The summed E-state index contributed by atoms with van der Waals surface area (Å²) in [7, 11) is 1.47. The Hall–Kier alpha value is -0.910. The smallest absolute Gasteiger partial charge is 0.156 e. The first-order chi connectivity index (χ1) is 19.7. The van der Waals surface area contributed by atoms with Crippen LogP contribution >= 0.6 is 0 Å². The van der Waals surface area contributed by atoms with Gasteiger partial charge in [0.1, 0.15) is 11.6 Å². The average Bonchev–Trinajstić information content (AvgIpc) is 2.95. The molecule has 41 heavy (non-hydrogen) atoms. The molecule has 0 bridgehead atoms. The Morgan fingerprint density at radius 2 is 0.829 bits per heavy atom. The molecule has 3 N–H and O–H groups in total. The molecule has 0 amide bonds. The first-order valence-corrected chi connectivity index (χ1v) is 16.0. The molecule has 13 nitrogen and oxygen atoms in total. The molecule has 242 valence electrons. The molecule has 3 saturated heterocycles. The van der Waals surface area contributed by atoms with Crippen LogP contribution in [0.3, 0.4) is 0 Å². The predicted octanol–water partition coefficient (Wildman–Crippen LogP) is -2.72. The second-order valence-electron chi connectivity index (χ2n) is 10.7. The number of nitrogens with zero attached hydrogens (tertiary/aromatic N) is 6. The number of carbonyl (C=O) groups is 2. The van der Waals surface area contributed by atoms with Gasteiger partial charge in [-0.25, -0.2) is 4.21 Å². The summed E-state index contributed by atoms with van der Waals surface area (Å²) < 4.78 is 15.7. The highest BCUT2D eigenvalue weighted by Crippen LogP contribution is 2.02. The maximum absolute atomic E-state index is 11.0. The third kappa shape index (κ3) is 19.1. The van der Waals surface area contributed by atoms with E-state index in [0.717, 1.165) is 105 Å². The molecule has 3 aliphatic rings. The SMILES string of the molecule is CC(=O)CN1CCN(CCO)CC1.CC(=O)CN1CCN(CCO)CC1.COS(=O)CCN1CCN(CCO)CC1. The van der Waals surface area contributed by atoms with Crippen molar-refractivity contribution in [3.05, 3.63) is 0 Å². The van der Waals surface area contributed by atoms with Crippen molar-refractivity contribution in [2.24, 2.45) is 0 Å². The van der Waals surface area contributed by atoms with E-state index >= 15 is 0 Å². The van der Waals surface area contributed by atoms with Crippen molar-refractivity contribution in [2.45, 2.75) is 13.8 Å². The number of β-amino-alcohol motifs (C(OH)–C–C–N with tert-alkyl or cyclic N) is 3. The van der Waals surface area contributed by atoms with E-state index in [1.165, 1.54) is 7.11 Å². The molecule has 3 heterocycles. The summed E-state index contributed by atoms with van der Waals surface area (Å²) in [6.07, 6.45) is 0. The Bertz CT molecular complexity index is 676. The molecular weight excluding hydrogens is 552 g/mol. The van der Waals surface area contributed by atoms with Crippen LogP contribution in [0.25, 0.3) is 0 Å². The van der Waals surface area contributed by atoms with Gasteiger partial charge in [-0.1, -0.05) is 0 Å². The number of hydrogen-bond donors (Lipinski definition) is 3. The van der Waals surface area contributed by atoms with Crippen LogP contribution in [0.5, 0.6) is 0 Å². The van der Waals surface area contributed by atoms with Crippen molar-refractivity contribution in [3.8, 4) is 0 Å². The third-order valence-corrected chi connectivity index (χ3v) is 8.18. The Balaban J connectivity index is 0.000000309. The van der Waals surface area contributed by atoms with Gasteiger partial charge in [0.25, 0.3) is 0 Å². The van der Waals surface area contributed by atoms with Crippen molar-refractivity contribution < 1.29 is 33.3 Å². The highest BCUT2D eigenvalue weighted by molar-refractivity contribution is 7.80.